The molecule has 0 spiro atoms. The van der Waals surface area contributed by atoms with E-state index in [4.69, 9.17) is 10.00 Å². The number of likely N-dealkylation sites (N-methyl/N-ethyl adjacent to an activating group) is 1. The van der Waals surface area contributed by atoms with E-state index in [2.05, 4.69) is 11.4 Å². The van der Waals surface area contributed by atoms with Crippen molar-refractivity contribution in [2.24, 2.45) is 5.92 Å². The molecule has 5 heteroatoms. The van der Waals surface area contributed by atoms with Gasteiger partial charge >= 0.3 is 0 Å². The predicted octanol–water partition coefficient (Wildman–Crippen LogP) is 0.698. The minimum Gasteiger partial charge on any atom is -0.497 e. The first-order valence-corrected chi connectivity index (χ1v) is 6.76. The van der Waals surface area contributed by atoms with Crippen molar-refractivity contribution in [3.8, 4) is 11.8 Å². The summed E-state index contributed by atoms with van der Waals surface area (Å²) in [5.74, 6) is 0.669. The van der Waals surface area contributed by atoms with Gasteiger partial charge in [-0.3, -0.25) is 4.79 Å². The van der Waals surface area contributed by atoms with Crippen LogP contribution in [0.5, 0.6) is 5.75 Å². The molecule has 0 fully saturated rings. The van der Waals surface area contributed by atoms with E-state index in [1.165, 1.54) is 0 Å². The van der Waals surface area contributed by atoms with Crippen LogP contribution in [-0.4, -0.2) is 32.7 Å². The van der Waals surface area contributed by atoms with Gasteiger partial charge in [0.05, 0.1) is 32.2 Å². The Bertz CT molecular complexity index is 465. The third kappa shape index (κ3) is 5.29. The molecule has 1 rings (SSSR count). The summed E-state index contributed by atoms with van der Waals surface area (Å²) in [6.07, 6.45) is 0. The molecule has 1 unspecified atom stereocenters. The molecule has 0 bridgehead atoms. The highest BCUT2D eigenvalue weighted by Gasteiger charge is 2.15. The van der Waals surface area contributed by atoms with Crippen LogP contribution < -0.4 is 15.0 Å². The first-order chi connectivity index (χ1) is 9.58. The van der Waals surface area contributed by atoms with E-state index >= 15 is 0 Å². The fraction of sp³-hybridized carbons (Fsp3) is 0.467. The lowest BCUT2D eigenvalue weighted by Crippen LogP contribution is -3.13. The van der Waals surface area contributed by atoms with Gasteiger partial charge in [-0.05, 0) is 38.1 Å². The van der Waals surface area contributed by atoms with Gasteiger partial charge in [-0.2, -0.15) is 5.26 Å². The molecule has 108 valence electrons. The average molecular weight is 276 g/mol. The number of nitrogens with zero attached hydrogens (tertiary/aromatic N) is 1. The lowest BCUT2D eigenvalue weighted by molar-refractivity contribution is -0.892. The number of rotatable bonds is 7. The Morgan fingerprint density at radius 1 is 1.45 bits per heavy atom. The maximum Gasteiger partial charge on any atom is 0.279 e. The lowest BCUT2D eigenvalue weighted by atomic mass is 10.2. The molecule has 0 aromatic heterocycles. The molecule has 2 N–H and O–H groups in total. The summed E-state index contributed by atoms with van der Waals surface area (Å²) >= 11 is 0. The molecule has 0 saturated heterocycles. The monoisotopic (exact) mass is 276 g/mol. The van der Waals surface area contributed by atoms with E-state index in [1.54, 1.807) is 31.4 Å². The van der Waals surface area contributed by atoms with Crippen LogP contribution in [0.25, 0.3) is 0 Å². The summed E-state index contributed by atoms with van der Waals surface area (Å²) in [5.41, 5.74) is 0.750. The van der Waals surface area contributed by atoms with Gasteiger partial charge in [-0.1, -0.05) is 0 Å². The number of carbonyl (C=O) groups is 1. The smallest absolute Gasteiger partial charge is 0.279 e. The van der Waals surface area contributed by atoms with Crippen molar-refractivity contribution in [2.45, 2.75) is 13.8 Å². The third-order valence-corrected chi connectivity index (χ3v) is 3.10. The van der Waals surface area contributed by atoms with E-state index in [-0.39, 0.29) is 11.8 Å². The number of quaternary nitrogens is 1. The molecule has 0 heterocycles. The van der Waals surface area contributed by atoms with Crippen LogP contribution in [0.15, 0.2) is 24.3 Å². The van der Waals surface area contributed by atoms with Gasteiger partial charge in [0.15, 0.2) is 6.54 Å². The second kappa shape index (κ2) is 8.18. The van der Waals surface area contributed by atoms with E-state index in [0.29, 0.717) is 13.1 Å². The highest BCUT2D eigenvalue weighted by Crippen LogP contribution is 2.14. The molecule has 0 saturated carbocycles. The quantitative estimate of drug-likeness (QED) is 0.770. The molecule has 20 heavy (non-hydrogen) atoms. The number of nitrogens with one attached hydrogen (secondary N) is 2. The molecule has 1 amide bonds. The van der Waals surface area contributed by atoms with Gasteiger partial charge in [0.1, 0.15) is 5.75 Å². The predicted molar refractivity (Wildman–Crippen MR) is 77.6 cm³/mol. The standard InChI is InChI=1S/C15H21N3O2/c1-4-18(10-12(2)9-16)11-15(19)17-13-5-7-14(20-3)8-6-13/h5-8,12H,4,10-11H2,1-3H3,(H,17,19)/p+1/t12-/m0/s1. The van der Waals surface area contributed by atoms with Crippen molar-refractivity contribution in [2.75, 3.05) is 32.1 Å². The van der Waals surface area contributed by atoms with Crippen LogP contribution in [0.1, 0.15) is 13.8 Å². The molecule has 0 aliphatic heterocycles. The topological polar surface area (TPSA) is 66.6 Å². The molecule has 0 radical (unpaired) electrons. The van der Waals surface area contributed by atoms with Gasteiger partial charge in [0.25, 0.3) is 5.91 Å². The van der Waals surface area contributed by atoms with Crippen LogP contribution in [-0.2, 0) is 4.79 Å². The Hall–Kier alpha value is -2.06. The number of ether oxygens (including phenoxy) is 1. The van der Waals surface area contributed by atoms with Gasteiger partial charge < -0.3 is 15.0 Å². The number of hydrogen-bond donors (Lipinski definition) is 2. The highest BCUT2D eigenvalue weighted by molar-refractivity contribution is 5.91. The second-order valence-electron chi connectivity index (χ2n) is 4.79. The van der Waals surface area contributed by atoms with Crippen molar-refractivity contribution in [1.82, 2.24) is 0 Å². The summed E-state index contributed by atoms with van der Waals surface area (Å²) in [6.45, 7) is 5.76. The Morgan fingerprint density at radius 3 is 2.60 bits per heavy atom. The van der Waals surface area contributed by atoms with Crippen molar-refractivity contribution in [3.63, 3.8) is 0 Å². The van der Waals surface area contributed by atoms with Crippen LogP contribution in [0.3, 0.4) is 0 Å². The Kier molecular flexibility index (Phi) is 6.54. The summed E-state index contributed by atoms with van der Waals surface area (Å²) < 4.78 is 5.06. The van der Waals surface area contributed by atoms with Crippen molar-refractivity contribution >= 4 is 11.6 Å². The second-order valence-corrected chi connectivity index (χ2v) is 4.79. The van der Waals surface area contributed by atoms with Crippen molar-refractivity contribution in [1.29, 1.82) is 5.26 Å². The zero-order valence-corrected chi connectivity index (χ0v) is 12.3. The first-order valence-electron chi connectivity index (χ1n) is 6.76. The average Bonchev–Trinajstić information content (AvgIpc) is 2.47. The van der Waals surface area contributed by atoms with Crippen LogP contribution in [0, 0.1) is 17.2 Å². The van der Waals surface area contributed by atoms with Gasteiger partial charge in [-0.25, -0.2) is 0 Å². The van der Waals surface area contributed by atoms with Crippen LogP contribution in [0.4, 0.5) is 5.69 Å². The number of carbonyl (C=O) groups excluding carboxylic acids is 1. The number of methoxy groups -OCH3 is 1. The van der Waals surface area contributed by atoms with E-state index in [1.807, 2.05) is 13.8 Å². The SMILES string of the molecule is CC[NH+](CC(=O)Nc1ccc(OC)cc1)C[C@@H](C)C#N. The molecule has 1 aromatic carbocycles. The number of anilines is 1. The molecule has 1 aromatic rings. The van der Waals surface area contributed by atoms with Crippen LogP contribution in [0.2, 0.25) is 0 Å². The minimum absolute atomic E-state index is 0.0428. The number of hydrogen-bond acceptors (Lipinski definition) is 3. The number of benzene rings is 1. The maximum atomic E-state index is 12.0. The van der Waals surface area contributed by atoms with Gasteiger partial charge in [-0.15, -0.1) is 0 Å². The normalized spacial score (nSPS) is 13.1. The Balaban J connectivity index is 2.50. The molecule has 2 atom stereocenters. The Labute approximate surface area is 120 Å². The van der Waals surface area contributed by atoms with Gasteiger partial charge in [0, 0.05) is 5.69 Å². The summed E-state index contributed by atoms with van der Waals surface area (Å²) in [5, 5.41) is 11.7. The first kappa shape index (κ1) is 16.0. The van der Waals surface area contributed by atoms with Crippen molar-refractivity contribution in [3.05, 3.63) is 24.3 Å². The fourth-order valence-corrected chi connectivity index (χ4v) is 1.93. The molecule has 5 nitrogen and oxygen atoms in total. The van der Waals surface area contributed by atoms with E-state index in [0.717, 1.165) is 22.9 Å². The van der Waals surface area contributed by atoms with Gasteiger partial charge in [0.2, 0.25) is 0 Å². The third-order valence-electron chi connectivity index (χ3n) is 3.10. The van der Waals surface area contributed by atoms with Crippen molar-refractivity contribution < 1.29 is 14.4 Å². The minimum atomic E-state index is -0.0443. The zero-order chi connectivity index (χ0) is 15.0. The molecule has 0 aliphatic carbocycles. The summed E-state index contributed by atoms with van der Waals surface area (Å²) in [4.78, 5) is 13.1. The van der Waals surface area contributed by atoms with E-state index in [9.17, 15) is 4.79 Å². The number of nitriles is 1. The molecular formula is C15H22N3O2+. The summed E-state index contributed by atoms with van der Waals surface area (Å²) in [6, 6.07) is 9.42. The summed E-state index contributed by atoms with van der Waals surface area (Å²) in [7, 11) is 1.60. The largest absolute Gasteiger partial charge is 0.497 e. The Morgan fingerprint density at radius 2 is 2.10 bits per heavy atom. The van der Waals surface area contributed by atoms with E-state index < -0.39 is 0 Å². The molecular weight excluding hydrogens is 254 g/mol. The number of amides is 1. The molecule has 0 aliphatic rings. The highest BCUT2D eigenvalue weighted by atomic mass is 16.5. The maximum absolute atomic E-state index is 12.0. The van der Waals surface area contributed by atoms with Crippen LogP contribution >= 0.6 is 0 Å². The fourth-order valence-electron chi connectivity index (χ4n) is 1.93. The zero-order valence-electron chi connectivity index (χ0n) is 12.3. The lowest BCUT2D eigenvalue weighted by Gasteiger charge is -2.18.